The SMILES string of the molecule is C[C@@H](C(=O)NCc1cccnc1)N(Cc1ccc(Cl)cc1)C(=O)CCc1ccccc1. The van der Waals surface area contributed by atoms with E-state index >= 15 is 0 Å². The molecule has 1 heterocycles. The molecule has 2 amide bonds. The Kier molecular flexibility index (Phi) is 8.19. The van der Waals surface area contributed by atoms with Crippen molar-refractivity contribution in [2.24, 2.45) is 0 Å². The Labute approximate surface area is 188 Å². The summed E-state index contributed by atoms with van der Waals surface area (Å²) in [7, 11) is 0. The number of halogens is 1. The van der Waals surface area contributed by atoms with E-state index in [2.05, 4.69) is 10.3 Å². The highest BCUT2D eigenvalue weighted by Gasteiger charge is 2.25. The smallest absolute Gasteiger partial charge is 0.242 e. The van der Waals surface area contributed by atoms with Gasteiger partial charge in [-0.05, 0) is 48.2 Å². The molecule has 2 aromatic carbocycles. The van der Waals surface area contributed by atoms with Crippen molar-refractivity contribution in [2.75, 3.05) is 0 Å². The van der Waals surface area contributed by atoms with Gasteiger partial charge < -0.3 is 10.2 Å². The summed E-state index contributed by atoms with van der Waals surface area (Å²) in [5.74, 6) is -0.270. The number of carbonyl (C=O) groups excluding carboxylic acids is 2. The first-order chi connectivity index (χ1) is 15.0. The number of hydrogen-bond donors (Lipinski definition) is 1. The van der Waals surface area contributed by atoms with Crippen molar-refractivity contribution in [3.8, 4) is 0 Å². The molecule has 0 aliphatic rings. The zero-order valence-electron chi connectivity index (χ0n) is 17.5. The summed E-state index contributed by atoms with van der Waals surface area (Å²) in [5, 5.41) is 3.54. The van der Waals surface area contributed by atoms with Gasteiger partial charge in [-0.1, -0.05) is 60.1 Å². The Morgan fingerprint density at radius 3 is 2.35 bits per heavy atom. The van der Waals surface area contributed by atoms with Gasteiger partial charge in [-0.2, -0.15) is 0 Å². The maximum Gasteiger partial charge on any atom is 0.242 e. The fourth-order valence-electron chi connectivity index (χ4n) is 3.25. The number of aromatic nitrogens is 1. The maximum atomic E-state index is 13.1. The predicted molar refractivity (Wildman–Crippen MR) is 122 cm³/mol. The number of aryl methyl sites for hydroxylation is 1. The van der Waals surface area contributed by atoms with E-state index in [1.54, 1.807) is 36.4 Å². The Morgan fingerprint density at radius 1 is 0.968 bits per heavy atom. The van der Waals surface area contributed by atoms with Crippen LogP contribution in [0.5, 0.6) is 0 Å². The van der Waals surface area contributed by atoms with Crippen LogP contribution in [0, 0.1) is 0 Å². The minimum atomic E-state index is -0.615. The Hall–Kier alpha value is -3.18. The number of nitrogens with one attached hydrogen (secondary N) is 1. The lowest BCUT2D eigenvalue weighted by Crippen LogP contribution is -2.47. The lowest BCUT2D eigenvalue weighted by Gasteiger charge is -2.29. The summed E-state index contributed by atoms with van der Waals surface area (Å²) in [6, 6.07) is 20.3. The average Bonchev–Trinajstić information content (AvgIpc) is 2.81. The number of carbonyl (C=O) groups is 2. The molecule has 3 rings (SSSR count). The highest BCUT2D eigenvalue weighted by molar-refractivity contribution is 6.30. The van der Waals surface area contributed by atoms with Gasteiger partial charge in [0.25, 0.3) is 0 Å². The van der Waals surface area contributed by atoms with Crippen LogP contribution in [0.25, 0.3) is 0 Å². The van der Waals surface area contributed by atoms with Crippen molar-refractivity contribution in [3.05, 3.63) is 101 Å². The van der Waals surface area contributed by atoms with Gasteiger partial charge in [-0.25, -0.2) is 0 Å². The topological polar surface area (TPSA) is 62.3 Å². The van der Waals surface area contributed by atoms with Crippen LogP contribution >= 0.6 is 11.6 Å². The van der Waals surface area contributed by atoms with Gasteiger partial charge in [-0.3, -0.25) is 14.6 Å². The second-order valence-electron chi connectivity index (χ2n) is 7.39. The summed E-state index contributed by atoms with van der Waals surface area (Å²) in [4.78, 5) is 31.6. The minimum absolute atomic E-state index is 0.0668. The molecule has 0 unspecified atom stereocenters. The Morgan fingerprint density at radius 2 is 1.68 bits per heavy atom. The molecule has 0 aliphatic carbocycles. The zero-order valence-corrected chi connectivity index (χ0v) is 18.3. The van der Waals surface area contributed by atoms with Crippen molar-refractivity contribution in [3.63, 3.8) is 0 Å². The highest BCUT2D eigenvalue weighted by atomic mass is 35.5. The van der Waals surface area contributed by atoms with Crippen LogP contribution in [0.4, 0.5) is 0 Å². The molecule has 3 aromatic rings. The van der Waals surface area contributed by atoms with Gasteiger partial charge in [-0.15, -0.1) is 0 Å². The number of pyridine rings is 1. The van der Waals surface area contributed by atoms with E-state index in [-0.39, 0.29) is 11.8 Å². The van der Waals surface area contributed by atoms with Gasteiger partial charge in [0, 0.05) is 36.9 Å². The molecule has 0 saturated heterocycles. The van der Waals surface area contributed by atoms with Crippen LogP contribution in [0.15, 0.2) is 79.1 Å². The standard InChI is InChI=1S/C25H26ClN3O2/c1-19(25(31)28-17-22-8-5-15-27-16-22)29(18-21-9-12-23(26)13-10-21)24(30)14-11-20-6-3-2-4-7-20/h2-10,12-13,15-16,19H,11,14,17-18H2,1H3,(H,28,31)/t19-/m0/s1. The van der Waals surface area contributed by atoms with Crippen LogP contribution < -0.4 is 5.32 Å². The average molecular weight is 436 g/mol. The third-order valence-corrected chi connectivity index (χ3v) is 5.35. The van der Waals surface area contributed by atoms with Crippen LogP contribution in [-0.2, 0) is 29.1 Å². The molecule has 0 bridgehead atoms. The number of nitrogens with zero attached hydrogens (tertiary/aromatic N) is 2. The molecule has 6 heteroatoms. The summed E-state index contributed by atoms with van der Waals surface area (Å²) in [6.07, 6.45) is 4.35. The van der Waals surface area contributed by atoms with E-state index in [4.69, 9.17) is 11.6 Å². The first-order valence-corrected chi connectivity index (χ1v) is 10.6. The fourth-order valence-corrected chi connectivity index (χ4v) is 3.37. The molecule has 160 valence electrons. The lowest BCUT2D eigenvalue weighted by atomic mass is 10.1. The maximum absolute atomic E-state index is 13.1. The number of amides is 2. The molecular formula is C25H26ClN3O2. The second kappa shape index (κ2) is 11.3. The summed E-state index contributed by atoms with van der Waals surface area (Å²) in [6.45, 7) is 2.46. The largest absolute Gasteiger partial charge is 0.350 e. The van der Waals surface area contributed by atoms with E-state index in [9.17, 15) is 9.59 Å². The molecule has 0 saturated carbocycles. The summed E-state index contributed by atoms with van der Waals surface area (Å²) in [5.41, 5.74) is 2.92. The van der Waals surface area contributed by atoms with Crippen molar-refractivity contribution in [2.45, 2.75) is 38.9 Å². The minimum Gasteiger partial charge on any atom is -0.350 e. The molecule has 0 aliphatic heterocycles. The molecule has 1 N–H and O–H groups in total. The molecule has 31 heavy (non-hydrogen) atoms. The quantitative estimate of drug-likeness (QED) is 0.541. The zero-order chi connectivity index (χ0) is 22.1. The number of benzene rings is 2. The molecule has 0 fully saturated rings. The van der Waals surface area contributed by atoms with Gasteiger partial charge in [0.1, 0.15) is 6.04 Å². The summed E-state index contributed by atoms with van der Waals surface area (Å²) < 4.78 is 0. The van der Waals surface area contributed by atoms with Crippen molar-refractivity contribution < 1.29 is 9.59 Å². The first-order valence-electron chi connectivity index (χ1n) is 10.3. The highest BCUT2D eigenvalue weighted by Crippen LogP contribution is 2.15. The fraction of sp³-hybridized carbons (Fsp3) is 0.240. The van der Waals surface area contributed by atoms with Gasteiger partial charge in [0.15, 0.2) is 0 Å². The third-order valence-electron chi connectivity index (χ3n) is 5.09. The van der Waals surface area contributed by atoms with E-state index < -0.39 is 6.04 Å². The van der Waals surface area contributed by atoms with Gasteiger partial charge in [0.2, 0.25) is 11.8 Å². The molecule has 1 aromatic heterocycles. The van der Waals surface area contributed by atoms with Crippen LogP contribution in [0.2, 0.25) is 5.02 Å². The number of rotatable bonds is 9. The van der Waals surface area contributed by atoms with Crippen molar-refractivity contribution in [1.82, 2.24) is 15.2 Å². The van der Waals surface area contributed by atoms with Gasteiger partial charge in [0.05, 0.1) is 0 Å². The molecule has 1 atom stereocenters. The lowest BCUT2D eigenvalue weighted by molar-refractivity contribution is -0.140. The van der Waals surface area contributed by atoms with E-state index in [1.807, 2.05) is 54.6 Å². The molecular weight excluding hydrogens is 410 g/mol. The van der Waals surface area contributed by atoms with E-state index in [0.717, 1.165) is 16.7 Å². The molecule has 0 radical (unpaired) electrons. The van der Waals surface area contributed by atoms with E-state index in [1.165, 1.54) is 0 Å². The normalized spacial score (nSPS) is 11.5. The van der Waals surface area contributed by atoms with Crippen molar-refractivity contribution >= 4 is 23.4 Å². The van der Waals surface area contributed by atoms with Crippen LogP contribution in [0.3, 0.4) is 0 Å². The summed E-state index contributed by atoms with van der Waals surface area (Å²) >= 11 is 5.99. The first kappa shape index (κ1) is 22.5. The molecule has 5 nitrogen and oxygen atoms in total. The van der Waals surface area contributed by atoms with Crippen LogP contribution in [-0.4, -0.2) is 27.7 Å². The second-order valence-corrected chi connectivity index (χ2v) is 7.83. The van der Waals surface area contributed by atoms with Gasteiger partial charge >= 0.3 is 0 Å². The Balaban J connectivity index is 1.69. The number of hydrogen-bond acceptors (Lipinski definition) is 3. The third kappa shape index (κ3) is 6.93. The predicted octanol–water partition coefficient (Wildman–Crippen LogP) is 4.40. The monoisotopic (exact) mass is 435 g/mol. The van der Waals surface area contributed by atoms with Crippen molar-refractivity contribution in [1.29, 1.82) is 0 Å². The molecule has 0 spiro atoms. The van der Waals surface area contributed by atoms with Crippen LogP contribution in [0.1, 0.15) is 30.0 Å². The Bertz CT molecular complexity index is 979. The van der Waals surface area contributed by atoms with E-state index in [0.29, 0.717) is 31.0 Å².